The van der Waals surface area contributed by atoms with E-state index in [2.05, 4.69) is 311 Å². The van der Waals surface area contributed by atoms with Crippen LogP contribution in [0.2, 0.25) is 0 Å². The molecule has 394 valence electrons. The van der Waals surface area contributed by atoms with Crippen LogP contribution in [0.5, 0.6) is 0 Å². The molecule has 16 aromatic rings. The average molecular weight is 1120 g/mol. The maximum atomic E-state index is 6.16. The second-order valence-corrected chi connectivity index (χ2v) is 23.5. The Labute approximate surface area is 483 Å². The van der Waals surface area contributed by atoms with Crippen LogP contribution in [0.15, 0.2) is 259 Å². The van der Waals surface area contributed by atoms with E-state index >= 15 is 0 Å². The van der Waals surface area contributed by atoms with Crippen molar-refractivity contribution in [1.82, 2.24) is 19.1 Å². The van der Waals surface area contributed by atoms with Gasteiger partial charge < -0.3 is 28.4 Å². The highest BCUT2D eigenvalue weighted by molar-refractivity contribution is 9.10. The van der Waals surface area contributed by atoms with Gasteiger partial charge in [0.15, 0.2) is 0 Å². The smallest absolute Gasteiger partial charge is 0.399 e. The van der Waals surface area contributed by atoms with Gasteiger partial charge in [0.2, 0.25) is 0 Å². The van der Waals surface area contributed by atoms with Crippen LogP contribution < -0.4 is 5.46 Å². The molecule has 1 saturated heterocycles. The van der Waals surface area contributed by atoms with Crippen LogP contribution in [0.25, 0.3) is 131 Å². The third-order valence-electron chi connectivity index (χ3n) is 17.2. The fourth-order valence-corrected chi connectivity index (χ4v) is 12.9. The van der Waals surface area contributed by atoms with Crippen LogP contribution in [-0.2, 0) is 9.31 Å². The van der Waals surface area contributed by atoms with Crippen molar-refractivity contribution in [3.05, 3.63) is 259 Å². The molecule has 2 N–H and O–H groups in total. The van der Waals surface area contributed by atoms with Crippen LogP contribution in [-0.4, -0.2) is 37.4 Å². The minimum absolute atomic E-state index is 0.313. The van der Waals surface area contributed by atoms with E-state index in [9.17, 15) is 0 Å². The topological polar surface area (TPSA) is 59.9 Å². The van der Waals surface area contributed by atoms with E-state index in [4.69, 9.17) is 9.31 Å². The summed E-state index contributed by atoms with van der Waals surface area (Å²) in [6.07, 6.45) is 0. The summed E-state index contributed by atoms with van der Waals surface area (Å²) in [5.41, 5.74) is 14.9. The highest BCUT2D eigenvalue weighted by atomic mass is 79.9. The van der Waals surface area contributed by atoms with E-state index in [0.29, 0.717) is 0 Å². The lowest BCUT2D eigenvalue weighted by atomic mass is 9.78. The maximum Gasteiger partial charge on any atom is 0.494 e. The molecule has 0 atom stereocenters. The number of nitrogens with one attached hydrogen (secondary N) is 2. The zero-order chi connectivity index (χ0) is 55.3. The monoisotopic (exact) mass is 1120 g/mol. The Kier molecular flexibility index (Phi) is 11.9. The van der Waals surface area contributed by atoms with Gasteiger partial charge in [-0.1, -0.05) is 174 Å². The third-order valence-corrected chi connectivity index (χ3v) is 17.7. The molecule has 1 aliphatic rings. The average Bonchev–Trinajstić information content (AvgIpc) is 4.44. The highest BCUT2D eigenvalue weighted by Gasteiger charge is 2.51. The van der Waals surface area contributed by atoms with Crippen molar-refractivity contribution in [3.8, 4) is 22.5 Å². The summed E-state index contributed by atoms with van der Waals surface area (Å²) in [6.45, 7) is 8.32. The second-order valence-electron chi connectivity index (χ2n) is 22.6. The summed E-state index contributed by atoms with van der Waals surface area (Å²) in [6, 6.07) is 91.0. The number of H-pyrrole nitrogens is 2. The zero-order valence-electron chi connectivity index (χ0n) is 45.9. The summed E-state index contributed by atoms with van der Waals surface area (Å²) in [5.74, 6) is 0. The van der Waals surface area contributed by atoms with Crippen molar-refractivity contribution >= 4 is 137 Å². The number of fused-ring (bicyclic) bond motifs is 16. The lowest BCUT2D eigenvalue weighted by Gasteiger charge is -2.32. The number of hydrogen-bond acceptors (Lipinski definition) is 2. The highest BCUT2D eigenvalue weighted by Crippen LogP contribution is 2.41. The molecule has 8 heteroatoms. The van der Waals surface area contributed by atoms with Crippen LogP contribution in [0.1, 0.15) is 27.7 Å². The van der Waals surface area contributed by atoms with Crippen molar-refractivity contribution in [2.24, 2.45) is 0 Å². The number of nitrogens with zero attached hydrogens (tertiary/aromatic N) is 2. The molecular weight excluding hydrogens is 1070 g/mol. The van der Waals surface area contributed by atoms with Crippen molar-refractivity contribution in [1.29, 1.82) is 0 Å². The van der Waals surface area contributed by atoms with Gasteiger partial charge in [0.25, 0.3) is 0 Å². The summed E-state index contributed by atoms with van der Waals surface area (Å²) < 4.78 is 18.2. The van der Waals surface area contributed by atoms with Gasteiger partial charge in [0, 0.05) is 81.0 Å². The van der Waals surface area contributed by atoms with Gasteiger partial charge in [0.1, 0.15) is 0 Å². The Bertz CT molecular complexity index is 5130. The van der Waals surface area contributed by atoms with Crippen molar-refractivity contribution < 1.29 is 9.31 Å². The van der Waals surface area contributed by atoms with Crippen LogP contribution in [0.4, 0.5) is 0 Å². The summed E-state index contributed by atoms with van der Waals surface area (Å²) >= 11 is 3.58. The molecule has 82 heavy (non-hydrogen) atoms. The SMILES string of the molecule is Brc1ccc2c(ccc3c2c2ccccc2n3-c2ccccc2)c1.CC1(C)OB(c2ccc3[nH]c4ccccc4c3c2)OC1(C)C.c1ccc(-n2c3ccccc3c3c4ccc(-c5ccc6[nH]c7ccccc7c6c5)cc4ccc32)cc1. The molecule has 4 aromatic heterocycles. The lowest BCUT2D eigenvalue weighted by molar-refractivity contribution is 0.00578. The number of rotatable bonds is 4. The van der Waals surface area contributed by atoms with E-state index < -0.39 is 0 Å². The van der Waals surface area contributed by atoms with Gasteiger partial charge in [-0.05, 0) is 163 Å². The number of benzene rings is 12. The van der Waals surface area contributed by atoms with Gasteiger partial charge in [-0.15, -0.1) is 0 Å². The van der Waals surface area contributed by atoms with Gasteiger partial charge in [-0.2, -0.15) is 0 Å². The summed E-state index contributed by atoms with van der Waals surface area (Å²) in [7, 11) is -0.317. The number of aromatic amines is 2. The minimum Gasteiger partial charge on any atom is -0.399 e. The first-order valence-corrected chi connectivity index (χ1v) is 28.9. The predicted octanol–water partition coefficient (Wildman–Crippen LogP) is 19.6. The van der Waals surface area contributed by atoms with E-state index in [0.717, 1.165) is 21.0 Å². The van der Waals surface area contributed by atoms with Crippen LogP contribution >= 0.6 is 15.9 Å². The van der Waals surface area contributed by atoms with Crippen molar-refractivity contribution in [2.45, 2.75) is 38.9 Å². The second kappa shape index (κ2) is 19.5. The number of para-hydroxylation sites is 6. The Morgan fingerprint density at radius 3 is 1.33 bits per heavy atom. The molecule has 1 fully saturated rings. The van der Waals surface area contributed by atoms with E-state index in [-0.39, 0.29) is 18.3 Å². The van der Waals surface area contributed by atoms with Crippen molar-refractivity contribution in [2.75, 3.05) is 0 Å². The van der Waals surface area contributed by atoms with Crippen LogP contribution in [0, 0.1) is 0 Å². The van der Waals surface area contributed by atoms with Crippen LogP contribution in [0.3, 0.4) is 0 Å². The molecule has 17 rings (SSSR count). The Balaban J connectivity index is 0.000000110. The number of aromatic nitrogens is 4. The van der Waals surface area contributed by atoms with Gasteiger partial charge in [-0.3, -0.25) is 0 Å². The van der Waals surface area contributed by atoms with E-state index in [1.807, 2.05) is 6.07 Å². The summed E-state index contributed by atoms with van der Waals surface area (Å²) in [4.78, 5) is 6.98. The molecule has 12 aromatic carbocycles. The molecule has 0 bridgehead atoms. The molecule has 0 radical (unpaired) electrons. The normalized spacial score (nSPS) is 14.0. The quantitative estimate of drug-likeness (QED) is 0.173. The molecule has 6 nitrogen and oxygen atoms in total. The number of halogens is 1. The lowest BCUT2D eigenvalue weighted by Crippen LogP contribution is -2.41. The molecule has 0 amide bonds. The molecule has 0 saturated carbocycles. The first kappa shape index (κ1) is 49.8. The predicted molar refractivity (Wildman–Crippen MR) is 351 cm³/mol. The fraction of sp³-hybridized carbons (Fsp3) is 0.0811. The van der Waals surface area contributed by atoms with E-state index in [1.165, 1.54) is 120 Å². The first-order valence-electron chi connectivity index (χ1n) is 28.1. The molecule has 0 aliphatic carbocycles. The Hall–Kier alpha value is -9.18. The largest absolute Gasteiger partial charge is 0.494 e. The molecular formula is C74H56BBrN4O2. The molecule has 1 aliphatic heterocycles. The standard InChI is InChI=1S/C34H22N2.C22H14BrN.C18H20BNO2/c1-2-8-25(9-3-1)36-32-13-7-5-11-28(32)34-26-17-14-22(20-24(26)16-19-33(34)36)23-15-18-31-29(21-23)27-10-4-6-12-30(27)35-31;23-16-11-12-18-15(14-16)10-13-21-22(18)19-8-4-5-9-20(19)24(21)17-6-2-1-3-7-17;1-17(2)18(3,4)22-19(21-17)12-9-10-16-14(11-12)13-7-5-6-8-15(13)20-16/h1-21,35H;1-14H;5-11,20H,1-4H3. The molecule has 5 heterocycles. The maximum absolute atomic E-state index is 6.16. The molecule has 0 spiro atoms. The minimum atomic E-state index is -0.317. The number of hydrogen-bond donors (Lipinski definition) is 2. The van der Waals surface area contributed by atoms with Gasteiger partial charge in [-0.25, -0.2) is 0 Å². The van der Waals surface area contributed by atoms with Crippen molar-refractivity contribution in [3.63, 3.8) is 0 Å². The van der Waals surface area contributed by atoms with E-state index in [1.54, 1.807) is 0 Å². The van der Waals surface area contributed by atoms with Gasteiger partial charge in [0.05, 0.1) is 33.3 Å². The Morgan fingerprint density at radius 2 is 0.768 bits per heavy atom. The first-order chi connectivity index (χ1) is 40.0. The van der Waals surface area contributed by atoms with Gasteiger partial charge >= 0.3 is 7.12 Å². The Morgan fingerprint density at radius 1 is 0.341 bits per heavy atom. The fourth-order valence-electron chi connectivity index (χ4n) is 12.5. The third kappa shape index (κ3) is 8.31. The zero-order valence-corrected chi connectivity index (χ0v) is 47.5. The molecule has 0 unspecified atom stereocenters. The summed E-state index contributed by atoms with van der Waals surface area (Å²) in [5, 5.41) is 15.3.